The second-order valence-corrected chi connectivity index (χ2v) is 9.67. The van der Waals surface area contributed by atoms with Crippen molar-refractivity contribution in [1.29, 1.82) is 0 Å². The maximum Gasteiger partial charge on any atom is 0.252 e. The second-order valence-electron chi connectivity index (χ2n) is 8.75. The van der Waals surface area contributed by atoms with Crippen molar-refractivity contribution in [3.63, 3.8) is 0 Å². The molecule has 5 aromatic rings. The van der Waals surface area contributed by atoms with Crippen LogP contribution in [0.25, 0.3) is 0 Å². The average molecular weight is 499 g/mol. The molecule has 0 amide bonds. The van der Waals surface area contributed by atoms with Gasteiger partial charge in [-0.3, -0.25) is 0 Å². The normalized spacial score (nSPS) is 13.3. The van der Waals surface area contributed by atoms with Crippen LogP contribution in [0.15, 0.2) is 126 Å². The van der Waals surface area contributed by atoms with E-state index >= 15 is 0 Å². The monoisotopic (exact) mass is 498 g/mol. The van der Waals surface area contributed by atoms with Crippen LogP contribution in [0, 0.1) is 0 Å². The summed E-state index contributed by atoms with van der Waals surface area (Å²) in [6, 6.07) is 43.6. The van der Waals surface area contributed by atoms with Crippen molar-refractivity contribution in [2.45, 2.75) is 0 Å². The number of fused-ring (bicyclic) bond motifs is 4. The maximum absolute atomic E-state index is 3.85. The zero-order chi connectivity index (χ0) is 22.6. The Kier molecular flexibility index (Phi) is 4.43. The van der Waals surface area contributed by atoms with Crippen molar-refractivity contribution in [1.82, 2.24) is 0 Å². The van der Waals surface area contributed by atoms with Crippen LogP contribution in [0.5, 0.6) is 0 Å². The molecule has 0 saturated heterocycles. The van der Waals surface area contributed by atoms with Gasteiger partial charge in [-0.1, -0.05) is 88.7 Å². The average Bonchev–Trinajstić information content (AvgIpc) is 2.89. The van der Waals surface area contributed by atoms with Gasteiger partial charge in [0.2, 0.25) is 0 Å². The molecule has 0 aliphatic carbocycles. The summed E-state index contributed by atoms with van der Waals surface area (Å²) in [4.78, 5) is 4.82. The summed E-state index contributed by atoms with van der Waals surface area (Å²) < 4.78 is 1.07. The molecule has 5 aromatic carbocycles. The van der Waals surface area contributed by atoms with Crippen molar-refractivity contribution in [3.05, 3.63) is 126 Å². The van der Waals surface area contributed by atoms with E-state index in [-0.39, 0.29) is 6.71 Å². The van der Waals surface area contributed by atoms with Crippen LogP contribution in [-0.2, 0) is 0 Å². The molecule has 2 heterocycles. The lowest BCUT2D eigenvalue weighted by molar-refractivity contribution is 1.25. The number of anilines is 6. The van der Waals surface area contributed by atoms with E-state index in [1.54, 1.807) is 0 Å². The van der Waals surface area contributed by atoms with Gasteiger partial charge in [0, 0.05) is 38.6 Å². The first-order chi connectivity index (χ1) is 16.8. The summed E-state index contributed by atoms with van der Waals surface area (Å²) in [6.07, 6.45) is 0. The minimum absolute atomic E-state index is 0.172. The zero-order valence-corrected chi connectivity index (χ0v) is 20.0. The quantitative estimate of drug-likeness (QED) is 0.250. The number of halogens is 1. The van der Waals surface area contributed by atoms with Gasteiger partial charge in [-0.05, 0) is 64.9 Å². The van der Waals surface area contributed by atoms with Crippen LogP contribution in [0.3, 0.4) is 0 Å². The largest absolute Gasteiger partial charge is 0.311 e. The fourth-order valence-corrected chi connectivity index (χ4v) is 6.01. The highest BCUT2D eigenvalue weighted by Gasteiger charge is 2.42. The van der Waals surface area contributed by atoms with Gasteiger partial charge >= 0.3 is 0 Å². The number of rotatable bonds is 2. The van der Waals surface area contributed by atoms with Crippen LogP contribution in [0.4, 0.5) is 34.1 Å². The number of hydrogen-bond donors (Lipinski definition) is 0. The Morgan fingerprint density at radius 2 is 0.882 bits per heavy atom. The minimum Gasteiger partial charge on any atom is -0.311 e. The Morgan fingerprint density at radius 3 is 1.35 bits per heavy atom. The molecule has 2 nitrogen and oxygen atoms in total. The van der Waals surface area contributed by atoms with Crippen LogP contribution in [0.1, 0.15) is 0 Å². The summed E-state index contributed by atoms with van der Waals surface area (Å²) in [5.41, 5.74) is 11.2. The minimum atomic E-state index is 0.172. The lowest BCUT2D eigenvalue weighted by Gasteiger charge is -2.44. The first kappa shape index (κ1) is 19.7. The standard InChI is InChI=1S/C30H20BBrN2/c32-21-19-28-30-29(20-21)34(23-13-5-2-6-14-23)27-18-10-8-16-25(27)31(30)24-15-7-9-17-26(24)33(28)22-11-3-1-4-12-22/h1-20H. The van der Waals surface area contributed by atoms with E-state index < -0.39 is 0 Å². The summed E-state index contributed by atoms with van der Waals surface area (Å²) in [7, 11) is 0. The number of benzene rings is 5. The molecule has 2 aliphatic heterocycles. The predicted octanol–water partition coefficient (Wildman–Crippen LogP) is 6.53. The molecule has 0 spiro atoms. The van der Waals surface area contributed by atoms with Gasteiger partial charge in [-0.25, -0.2) is 0 Å². The van der Waals surface area contributed by atoms with E-state index in [1.165, 1.54) is 50.5 Å². The topological polar surface area (TPSA) is 6.48 Å². The highest BCUT2D eigenvalue weighted by atomic mass is 79.9. The first-order valence-electron chi connectivity index (χ1n) is 11.5. The second kappa shape index (κ2) is 7.64. The molecule has 0 atom stereocenters. The summed E-state index contributed by atoms with van der Waals surface area (Å²) >= 11 is 3.85. The van der Waals surface area contributed by atoms with Crippen LogP contribution in [0.2, 0.25) is 0 Å². The SMILES string of the molecule is Brc1cc2c3c(c1)N(c1ccccc1)c1ccccc1B3c1ccccc1N2c1ccccc1. The predicted molar refractivity (Wildman–Crippen MR) is 148 cm³/mol. The molecule has 0 radical (unpaired) electrons. The van der Waals surface area contributed by atoms with E-state index in [1.807, 2.05) is 0 Å². The van der Waals surface area contributed by atoms with Gasteiger partial charge in [0.25, 0.3) is 6.71 Å². The lowest BCUT2D eigenvalue weighted by Crippen LogP contribution is -2.61. The Labute approximate surface area is 208 Å². The lowest BCUT2D eigenvalue weighted by atomic mass is 9.33. The number of nitrogens with zero attached hydrogens (tertiary/aromatic N) is 2. The first-order valence-corrected chi connectivity index (χ1v) is 12.3. The highest BCUT2D eigenvalue weighted by molar-refractivity contribution is 9.10. The third-order valence-corrected chi connectivity index (χ3v) is 7.34. The summed E-state index contributed by atoms with van der Waals surface area (Å²) in [5.74, 6) is 0. The molecule has 34 heavy (non-hydrogen) atoms. The van der Waals surface area contributed by atoms with E-state index in [0.717, 1.165) is 4.47 Å². The molecule has 0 fully saturated rings. The van der Waals surface area contributed by atoms with Crippen molar-refractivity contribution in [2.24, 2.45) is 0 Å². The molecule has 160 valence electrons. The highest BCUT2D eigenvalue weighted by Crippen LogP contribution is 2.44. The molecule has 0 bridgehead atoms. The van der Waals surface area contributed by atoms with Crippen molar-refractivity contribution in [3.8, 4) is 0 Å². The van der Waals surface area contributed by atoms with Crippen molar-refractivity contribution in [2.75, 3.05) is 9.80 Å². The smallest absolute Gasteiger partial charge is 0.252 e. The van der Waals surface area contributed by atoms with Gasteiger partial charge < -0.3 is 9.80 Å². The van der Waals surface area contributed by atoms with Crippen LogP contribution in [-0.4, -0.2) is 6.71 Å². The molecular weight excluding hydrogens is 479 g/mol. The molecule has 7 rings (SSSR count). The van der Waals surface area contributed by atoms with Gasteiger partial charge in [0.05, 0.1) is 0 Å². The zero-order valence-electron chi connectivity index (χ0n) is 18.4. The molecular formula is C30H20BBrN2. The molecule has 2 aliphatic rings. The molecule has 4 heteroatoms. The van der Waals surface area contributed by atoms with Gasteiger partial charge in [-0.15, -0.1) is 0 Å². The summed E-state index contributed by atoms with van der Waals surface area (Å²) in [6.45, 7) is 0.172. The van der Waals surface area contributed by atoms with E-state index in [4.69, 9.17) is 0 Å². The number of para-hydroxylation sites is 4. The fourth-order valence-electron chi connectivity index (χ4n) is 5.57. The van der Waals surface area contributed by atoms with Crippen LogP contribution >= 0.6 is 15.9 Å². The Hall–Kier alpha value is -3.76. The van der Waals surface area contributed by atoms with Gasteiger partial charge in [0.15, 0.2) is 0 Å². The van der Waals surface area contributed by atoms with Gasteiger partial charge in [-0.2, -0.15) is 0 Å². The van der Waals surface area contributed by atoms with Crippen LogP contribution < -0.4 is 26.2 Å². The van der Waals surface area contributed by atoms with E-state index in [0.29, 0.717) is 0 Å². The molecule has 0 saturated carbocycles. The third kappa shape index (κ3) is 2.82. The Balaban J connectivity index is 1.60. The van der Waals surface area contributed by atoms with E-state index in [2.05, 4.69) is 147 Å². The Bertz CT molecular complexity index is 1420. The Morgan fingerprint density at radius 1 is 0.471 bits per heavy atom. The van der Waals surface area contributed by atoms with Crippen molar-refractivity contribution < 1.29 is 0 Å². The maximum atomic E-state index is 3.85. The fraction of sp³-hybridized carbons (Fsp3) is 0. The van der Waals surface area contributed by atoms with E-state index in [9.17, 15) is 0 Å². The molecule has 0 unspecified atom stereocenters. The third-order valence-electron chi connectivity index (χ3n) is 6.88. The number of hydrogen-bond acceptors (Lipinski definition) is 2. The van der Waals surface area contributed by atoms with Gasteiger partial charge in [0.1, 0.15) is 0 Å². The molecule has 0 N–H and O–H groups in total. The molecule has 0 aromatic heterocycles. The summed E-state index contributed by atoms with van der Waals surface area (Å²) in [5, 5.41) is 0. The van der Waals surface area contributed by atoms with Crippen molar-refractivity contribution >= 4 is 73.2 Å².